The molecule has 2 aromatic carbocycles. The van der Waals surface area contributed by atoms with Crippen molar-refractivity contribution in [3.8, 4) is 0 Å². The molecule has 0 saturated carbocycles. The molecule has 0 radical (unpaired) electrons. The zero-order chi connectivity index (χ0) is 12.3. The molecule has 0 amide bonds. The Hall–Kier alpha value is -1.24. The van der Waals surface area contributed by atoms with E-state index in [0.29, 0.717) is 0 Å². The Kier molecular flexibility index (Phi) is 3.88. The van der Waals surface area contributed by atoms with Crippen LogP contribution in [0.3, 0.4) is 0 Å². The molecule has 0 aliphatic heterocycles. The largest absolute Gasteiger partial charge is 0.0843 e. The second-order valence-electron chi connectivity index (χ2n) is 3.91. The molecule has 0 spiro atoms. The van der Waals surface area contributed by atoms with E-state index in [9.17, 15) is 0 Å². The summed E-state index contributed by atoms with van der Waals surface area (Å²) in [6.07, 6.45) is 1.93. The van der Waals surface area contributed by atoms with Gasteiger partial charge in [0.15, 0.2) is 0 Å². The maximum atomic E-state index is 6.26. The van der Waals surface area contributed by atoms with Crippen molar-refractivity contribution in [3.63, 3.8) is 0 Å². The van der Waals surface area contributed by atoms with Crippen molar-refractivity contribution in [3.05, 3.63) is 70.2 Å². The van der Waals surface area contributed by atoms with E-state index in [1.54, 1.807) is 0 Å². The Morgan fingerprint density at radius 1 is 0.941 bits per heavy atom. The van der Waals surface area contributed by atoms with Crippen LogP contribution in [0.4, 0.5) is 0 Å². The summed E-state index contributed by atoms with van der Waals surface area (Å²) < 4.78 is 0. The molecule has 86 valence electrons. The molecule has 0 bridgehead atoms. The molecule has 17 heavy (non-hydrogen) atoms. The molecule has 2 heteroatoms. The van der Waals surface area contributed by atoms with Gasteiger partial charge in [0.25, 0.3) is 0 Å². The molecule has 0 aliphatic carbocycles. The van der Waals surface area contributed by atoms with Gasteiger partial charge in [0, 0.05) is 10.1 Å². The molecule has 0 unspecified atom stereocenters. The molecular weight excluding hydrogens is 251 g/mol. The number of halogens is 2. The van der Waals surface area contributed by atoms with Crippen molar-refractivity contribution in [2.45, 2.75) is 6.92 Å². The first-order valence-corrected chi connectivity index (χ1v) is 6.10. The fourth-order valence-electron chi connectivity index (χ4n) is 1.50. The van der Waals surface area contributed by atoms with Crippen LogP contribution in [0.25, 0.3) is 11.1 Å². The third-order valence-corrected chi connectivity index (χ3v) is 3.07. The van der Waals surface area contributed by atoms with E-state index in [2.05, 4.69) is 6.92 Å². The van der Waals surface area contributed by atoms with Gasteiger partial charge in [-0.2, -0.15) is 0 Å². The fraction of sp³-hybridized carbons (Fsp3) is 0.0667. The fourth-order valence-corrected chi connectivity index (χ4v) is 1.88. The average molecular weight is 263 g/mol. The van der Waals surface area contributed by atoms with Gasteiger partial charge in [-0.3, -0.25) is 0 Å². The normalized spacial score (nSPS) is 11.6. The van der Waals surface area contributed by atoms with Crippen molar-refractivity contribution >= 4 is 34.3 Å². The molecular formula is C15H12Cl2. The lowest BCUT2D eigenvalue weighted by atomic mass is 10.1. The summed E-state index contributed by atoms with van der Waals surface area (Å²) in [6, 6.07) is 15.7. The first kappa shape index (κ1) is 12.2. The molecule has 2 rings (SSSR count). The molecule has 2 aromatic rings. The van der Waals surface area contributed by atoms with E-state index in [-0.39, 0.29) is 0 Å². The van der Waals surface area contributed by atoms with E-state index in [0.717, 1.165) is 21.2 Å². The molecule has 0 nitrogen and oxygen atoms in total. The Morgan fingerprint density at radius 3 is 2.12 bits per heavy atom. The van der Waals surface area contributed by atoms with E-state index < -0.39 is 0 Å². The summed E-state index contributed by atoms with van der Waals surface area (Å²) in [5.41, 5.74) is 3.29. The highest BCUT2D eigenvalue weighted by molar-refractivity contribution is 6.51. The molecule has 0 atom stereocenters. The Balaban J connectivity index is 2.27. The van der Waals surface area contributed by atoms with Crippen LogP contribution in [-0.4, -0.2) is 0 Å². The highest BCUT2D eigenvalue weighted by atomic mass is 35.5. The number of hydrogen-bond acceptors (Lipinski definition) is 0. The van der Waals surface area contributed by atoms with Crippen LogP contribution in [0.1, 0.15) is 16.7 Å². The highest BCUT2D eigenvalue weighted by Gasteiger charge is 1.98. The lowest BCUT2D eigenvalue weighted by Gasteiger charge is -2.01. The van der Waals surface area contributed by atoms with Crippen LogP contribution < -0.4 is 0 Å². The molecule has 0 fully saturated rings. The molecule has 0 aliphatic rings. The maximum absolute atomic E-state index is 6.26. The zero-order valence-electron chi connectivity index (χ0n) is 9.45. The van der Waals surface area contributed by atoms with Gasteiger partial charge in [0.2, 0.25) is 0 Å². The van der Waals surface area contributed by atoms with Gasteiger partial charge in [0.1, 0.15) is 0 Å². The highest BCUT2D eigenvalue weighted by Crippen LogP contribution is 2.23. The van der Waals surface area contributed by atoms with Crippen LogP contribution in [0, 0.1) is 6.92 Å². The Morgan fingerprint density at radius 2 is 1.53 bits per heavy atom. The standard InChI is InChI=1S/C15H12Cl2/c1-11-2-6-13(7-3-11)15(17)10-12-4-8-14(16)9-5-12/h2-10H,1H3/b15-10-. The first-order chi connectivity index (χ1) is 8.15. The predicted octanol–water partition coefficient (Wildman–Crippen LogP) is 5.39. The van der Waals surface area contributed by atoms with Crippen LogP contribution in [0.15, 0.2) is 48.5 Å². The van der Waals surface area contributed by atoms with E-state index in [1.807, 2.05) is 54.6 Å². The molecule has 0 heterocycles. The summed E-state index contributed by atoms with van der Waals surface area (Å²) in [7, 11) is 0. The van der Waals surface area contributed by atoms with Gasteiger partial charge < -0.3 is 0 Å². The summed E-state index contributed by atoms with van der Waals surface area (Å²) in [6.45, 7) is 2.06. The van der Waals surface area contributed by atoms with Gasteiger partial charge >= 0.3 is 0 Å². The van der Waals surface area contributed by atoms with Crippen molar-refractivity contribution in [1.82, 2.24) is 0 Å². The smallest absolute Gasteiger partial charge is 0.0484 e. The lowest BCUT2D eigenvalue weighted by molar-refractivity contribution is 1.46. The second-order valence-corrected chi connectivity index (χ2v) is 4.75. The lowest BCUT2D eigenvalue weighted by Crippen LogP contribution is -1.79. The summed E-state index contributed by atoms with van der Waals surface area (Å²) in [5.74, 6) is 0. The van der Waals surface area contributed by atoms with Gasteiger partial charge in [-0.15, -0.1) is 0 Å². The monoisotopic (exact) mass is 262 g/mol. The third kappa shape index (κ3) is 3.36. The number of hydrogen-bond donors (Lipinski definition) is 0. The average Bonchev–Trinajstić information content (AvgIpc) is 2.33. The van der Waals surface area contributed by atoms with Crippen LogP contribution in [0.2, 0.25) is 5.02 Å². The van der Waals surface area contributed by atoms with Crippen LogP contribution >= 0.6 is 23.2 Å². The maximum Gasteiger partial charge on any atom is 0.0484 e. The Labute approximate surface area is 112 Å². The number of rotatable bonds is 2. The molecule has 0 saturated heterocycles. The minimum absolute atomic E-state index is 0.729. The summed E-state index contributed by atoms with van der Waals surface area (Å²) in [5, 5.41) is 1.46. The summed E-state index contributed by atoms with van der Waals surface area (Å²) in [4.78, 5) is 0. The zero-order valence-corrected chi connectivity index (χ0v) is 11.0. The minimum atomic E-state index is 0.729. The first-order valence-electron chi connectivity index (χ1n) is 5.35. The summed E-state index contributed by atoms with van der Waals surface area (Å²) >= 11 is 12.1. The van der Waals surface area contributed by atoms with Crippen molar-refractivity contribution < 1.29 is 0 Å². The van der Waals surface area contributed by atoms with E-state index >= 15 is 0 Å². The quantitative estimate of drug-likeness (QED) is 0.637. The molecule has 0 aromatic heterocycles. The van der Waals surface area contributed by atoms with E-state index in [4.69, 9.17) is 23.2 Å². The number of aryl methyl sites for hydroxylation is 1. The van der Waals surface area contributed by atoms with E-state index in [1.165, 1.54) is 5.56 Å². The minimum Gasteiger partial charge on any atom is -0.0843 e. The number of benzene rings is 2. The van der Waals surface area contributed by atoms with Crippen molar-refractivity contribution in [1.29, 1.82) is 0 Å². The Bertz CT molecular complexity index is 522. The van der Waals surface area contributed by atoms with Gasteiger partial charge in [0.05, 0.1) is 0 Å². The third-order valence-electron chi connectivity index (χ3n) is 2.49. The van der Waals surface area contributed by atoms with Crippen LogP contribution in [-0.2, 0) is 0 Å². The topological polar surface area (TPSA) is 0 Å². The van der Waals surface area contributed by atoms with Gasteiger partial charge in [-0.05, 0) is 36.3 Å². The predicted molar refractivity (Wildman–Crippen MR) is 76.4 cm³/mol. The van der Waals surface area contributed by atoms with Gasteiger partial charge in [-0.25, -0.2) is 0 Å². The molecule has 0 N–H and O–H groups in total. The van der Waals surface area contributed by atoms with Gasteiger partial charge in [-0.1, -0.05) is 65.2 Å². The SMILES string of the molecule is Cc1ccc(/C(Cl)=C/c2ccc(Cl)cc2)cc1. The van der Waals surface area contributed by atoms with Crippen LogP contribution in [0.5, 0.6) is 0 Å². The van der Waals surface area contributed by atoms with Crippen molar-refractivity contribution in [2.75, 3.05) is 0 Å². The second kappa shape index (κ2) is 5.39. The van der Waals surface area contributed by atoms with Crippen molar-refractivity contribution in [2.24, 2.45) is 0 Å².